The molecule has 0 bridgehead atoms. The Labute approximate surface area is 87.4 Å². The maximum atomic E-state index is 5.10. The Hall–Kier alpha value is -0.120. The van der Waals surface area contributed by atoms with E-state index in [1.165, 1.54) is 32.4 Å². The maximum absolute atomic E-state index is 5.10. The zero-order valence-corrected chi connectivity index (χ0v) is 9.50. The molecular weight excluding hydrogens is 178 g/mol. The summed E-state index contributed by atoms with van der Waals surface area (Å²) in [5, 5.41) is 0. The summed E-state index contributed by atoms with van der Waals surface area (Å²) < 4.78 is 10.2. The highest BCUT2D eigenvalue weighted by Gasteiger charge is 2.18. The molecule has 1 rings (SSSR count). The van der Waals surface area contributed by atoms with Gasteiger partial charge in [-0.1, -0.05) is 0 Å². The Balaban J connectivity index is 2.05. The lowest BCUT2D eigenvalue weighted by Crippen LogP contribution is -2.36. The molecular formula is C11H23NO2. The number of methoxy groups -OCH3 is 2. The molecule has 0 aromatic carbocycles. The van der Waals surface area contributed by atoms with Gasteiger partial charge in [-0.05, 0) is 38.3 Å². The van der Waals surface area contributed by atoms with Crippen LogP contribution in [-0.4, -0.2) is 52.0 Å². The molecule has 0 amide bonds. The van der Waals surface area contributed by atoms with Crippen molar-refractivity contribution in [2.45, 2.75) is 19.3 Å². The first-order chi connectivity index (χ1) is 6.86. The van der Waals surface area contributed by atoms with E-state index in [0.29, 0.717) is 0 Å². The molecule has 1 saturated heterocycles. The summed E-state index contributed by atoms with van der Waals surface area (Å²) in [6, 6.07) is 0. The number of nitrogens with zero attached hydrogens (tertiary/aromatic N) is 1. The summed E-state index contributed by atoms with van der Waals surface area (Å²) in [5.41, 5.74) is 0. The molecule has 1 fully saturated rings. The van der Waals surface area contributed by atoms with Crippen molar-refractivity contribution in [3.63, 3.8) is 0 Å². The number of rotatable bonds is 6. The van der Waals surface area contributed by atoms with Gasteiger partial charge in [-0.2, -0.15) is 0 Å². The molecule has 0 aromatic rings. The standard InChI is InChI=1S/C11H23NO2/c1-13-9-5-11-3-6-12(7-4-11)8-10-14-2/h11H,3-10H2,1-2H3. The Bertz CT molecular complexity index is 117. The molecule has 0 saturated carbocycles. The summed E-state index contributed by atoms with van der Waals surface area (Å²) >= 11 is 0. The van der Waals surface area contributed by atoms with Crippen LogP contribution in [0.5, 0.6) is 0 Å². The quantitative estimate of drug-likeness (QED) is 0.648. The number of hydrogen-bond donors (Lipinski definition) is 0. The molecule has 1 aliphatic rings. The van der Waals surface area contributed by atoms with Crippen molar-refractivity contribution >= 4 is 0 Å². The largest absolute Gasteiger partial charge is 0.385 e. The third-order valence-electron chi connectivity index (χ3n) is 3.05. The molecule has 0 aliphatic carbocycles. The van der Waals surface area contributed by atoms with Gasteiger partial charge in [-0.3, -0.25) is 0 Å². The van der Waals surface area contributed by atoms with Gasteiger partial charge < -0.3 is 14.4 Å². The number of hydrogen-bond acceptors (Lipinski definition) is 3. The minimum atomic E-state index is 0.864. The van der Waals surface area contributed by atoms with Crippen LogP contribution in [0.25, 0.3) is 0 Å². The first-order valence-electron chi connectivity index (χ1n) is 5.57. The third kappa shape index (κ3) is 4.40. The van der Waals surface area contributed by atoms with Crippen molar-refractivity contribution in [1.29, 1.82) is 0 Å². The third-order valence-corrected chi connectivity index (χ3v) is 3.05. The van der Waals surface area contributed by atoms with Gasteiger partial charge in [0.15, 0.2) is 0 Å². The zero-order chi connectivity index (χ0) is 10.2. The van der Waals surface area contributed by atoms with Crippen LogP contribution in [0.3, 0.4) is 0 Å². The topological polar surface area (TPSA) is 21.7 Å². The predicted molar refractivity (Wildman–Crippen MR) is 57.5 cm³/mol. The van der Waals surface area contributed by atoms with Gasteiger partial charge in [0.05, 0.1) is 6.61 Å². The summed E-state index contributed by atoms with van der Waals surface area (Å²) in [4.78, 5) is 2.49. The van der Waals surface area contributed by atoms with Crippen LogP contribution in [0.4, 0.5) is 0 Å². The van der Waals surface area contributed by atoms with E-state index in [1.54, 1.807) is 14.2 Å². The van der Waals surface area contributed by atoms with Gasteiger partial charge in [0.25, 0.3) is 0 Å². The van der Waals surface area contributed by atoms with Crippen LogP contribution >= 0.6 is 0 Å². The van der Waals surface area contributed by atoms with Crippen molar-refractivity contribution in [2.75, 3.05) is 47.1 Å². The van der Waals surface area contributed by atoms with Gasteiger partial charge in [0.2, 0.25) is 0 Å². The fraction of sp³-hybridized carbons (Fsp3) is 1.00. The van der Waals surface area contributed by atoms with Gasteiger partial charge in [0, 0.05) is 27.4 Å². The fourth-order valence-corrected chi connectivity index (χ4v) is 2.00. The lowest BCUT2D eigenvalue weighted by molar-refractivity contribution is 0.106. The SMILES string of the molecule is COCCC1CCN(CCOC)CC1. The van der Waals surface area contributed by atoms with Crippen LogP contribution in [0.2, 0.25) is 0 Å². The van der Waals surface area contributed by atoms with Crippen LogP contribution in [-0.2, 0) is 9.47 Å². The van der Waals surface area contributed by atoms with Gasteiger partial charge in [-0.15, -0.1) is 0 Å². The van der Waals surface area contributed by atoms with Crippen molar-refractivity contribution < 1.29 is 9.47 Å². The van der Waals surface area contributed by atoms with Gasteiger partial charge >= 0.3 is 0 Å². The number of ether oxygens (including phenoxy) is 2. The van der Waals surface area contributed by atoms with Crippen molar-refractivity contribution in [3.8, 4) is 0 Å². The van der Waals surface area contributed by atoms with Crippen LogP contribution in [0, 0.1) is 5.92 Å². The van der Waals surface area contributed by atoms with E-state index >= 15 is 0 Å². The first kappa shape index (κ1) is 12.0. The predicted octanol–water partition coefficient (Wildman–Crippen LogP) is 1.38. The second kappa shape index (κ2) is 7.21. The van der Waals surface area contributed by atoms with E-state index < -0.39 is 0 Å². The fourth-order valence-electron chi connectivity index (χ4n) is 2.00. The van der Waals surface area contributed by atoms with E-state index in [2.05, 4.69) is 4.90 Å². The lowest BCUT2D eigenvalue weighted by atomic mass is 9.94. The molecule has 14 heavy (non-hydrogen) atoms. The van der Waals surface area contributed by atoms with Crippen LogP contribution in [0.1, 0.15) is 19.3 Å². The minimum absolute atomic E-state index is 0.864. The molecule has 0 spiro atoms. The highest BCUT2D eigenvalue weighted by molar-refractivity contribution is 4.71. The molecule has 1 aliphatic heterocycles. The Morgan fingerprint density at radius 3 is 2.29 bits per heavy atom. The highest BCUT2D eigenvalue weighted by Crippen LogP contribution is 2.19. The van der Waals surface area contributed by atoms with Crippen LogP contribution < -0.4 is 0 Å². The number of piperidine rings is 1. The maximum Gasteiger partial charge on any atom is 0.0589 e. The molecule has 0 radical (unpaired) electrons. The summed E-state index contributed by atoms with van der Waals surface area (Å²) in [7, 11) is 3.55. The Morgan fingerprint density at radius 1 is 1.07 bits per heavy atom. The molecule has 0 N–H and O–H groups in total. The van der Waals surface area contributed by atoms with E-state index in [1.807, 2.05) is 0 Å². The van der Waals surface area contributed by atoms with Crippen molar-refractivity contribution in [1.82, 2.24) is 4.90 Å². The average Bonchev–Trinajstić information content (AvgIpc) is 2.25. The molecule has 3 nitrogen and oxygen atoms in total. The summed E-state index contributed by atoms with van der Waals surface area (Å²) in [6.07, 6.45) is 3.88. The number of likely N-dealkylation sites (tertiary alicyclic amines) is 1. The second-order valence-electron chi connectivity index (χ2n) is 4.06. The molecule has 3 heteroatoms. The van der Waals surface area contributed by atoms with E-state index in [4.69, 9.17) is 9.47 Å². The zero-order valence-electron chi connectivity index (χ0n) is 9.50. The highest BCUT2D eigenvalue weighted by atomic mass is 16.5. The summed E-state index contributed by atoms with van der Waals surface area (Å²) in [5.74, 6) is 0.883. The van der Waals surface area contributed by atoms with Crippen molar-refractivity contribution in [3.05, 3.63) is 0 Å². The second-order valence-corrected chi connectivity index (χ2v) is 4.06. The average molecular weight is 201 g/mol. The molecule has 0 unspecified atom stereocenters. The van der Waals surface area contributed by atoms with Crippen LogP contribution in [0.15, 0.2) is 0 Å². The molecule has 0 atom stereocenters. The van der Waals surface area contributed by atoms with E-state index in [0.717, 1.165) is 25.7 Å². The minimum Gasteiger partial charge on any atom is -0.385 e. The smallest absolute Gasteiger partial charge is 0.0589 e. The lowest BCUT2D eigenvalue weighted by Gasteiger charge is -2.31. The molecule has 0 aromatic heterocycles. The van der Waals surface area contributed by atoms with Crippen molar-refractivity contribution in [2.24, 2.45) is 5.92 Å². The van der Waals surface area contributed by atoms with E-state index in [-0.39, 0.29) is 0 Å². The Kier molecular flexibility index (Phi) is 6.15. The monoisotopic (exact) mass is 201 g/mol. The molecule has 1 heterocycles. The molecule has 84 valence electrons. The van der Waals surface area contributed by atoms with Gasteiger partial charge in [0.1, 0.15) is 0 Å². The first-order valence-corrected chi connectivity index (χ1v) is 5.57. The Morgan fingerprint density at radius 2 is 1.71 bits per heavy atom. The summed E-state index contributed by atoms with van der Waals surface area (Å²) in [6.45, 7) is 5.34. The van der Waals surface area contributed by atoms with E-state index in [9.17, 15) is 0 Å². The van der Waals surface area contributed by atoms with Gasteiger partial charge in [-0.25, -0.2) is 0 Å². The normalized spacial score (nSPS) is 20.1.